The Morgan fingerprint density at radius 2 is 2.50 bits per heavy atom. The van der Waals surface area contributed by atoms with Gasteiger partial charge in [0.25, 0.3) is 5.70 Å². The molecule has 12 heavy (non-hydrogen) atoms. The quantitative estimate of drug-likeness (QED) is 0.346. The maximum atomic E-state index is 10.3. The predicted molar refractivity (Wildman–Crippen MR) is 44.8 cm³/mol. The van der Waals surface area contributed by atoms with Gasteiger partial charge in [0.05, 0.1) is 10.6 Å². The Kier molecular flexibility index (Phi) is 2.25. The molecule has 0 aromatic heterocycles. The van der Waals surface area contributed by atoms with E-state index in [1.165, 1.54) is 12.2 Å². The van der Waals surface area contributed by atoms with Gasteiger partial charge in [-0.15, -0.1) is 0 Å². The van der Waals surface area contributed by atoms with Crippen LogP contribution < -0.4 is 11.1 Å². The number of nitro groups is 1. The molecule has 0 fully saturated rings. The Bertz CT molecular complexity index is 259. The average molecular weight is 169 g/mol. The van der Waals surface area contributed by atoms with Gasteiger partial charge in [-0.3, -0.25) is 15.4 Å². The predicted octanol–water partition coefficient (Wildman–Crippen LogP) is -0.0187. The largest absolute Gasteiger partial charge is 0.310 e. The summed E-state index contributed by atoms with van der Waals surface area (Å²) in [5.41, 5.74) is 5.23. The van der Waals surface area contributed by atoms with Crippen molar-refractivity contribution in [1.82, 2.24) is 5.32 Å². The summed E-state index contributed by atoms with van der Waals surface area (Å²) in [7, 11) is 1.72. The summed E-state index contributed by atoms with van der Waals surface area (Å²) < 4.78 is 0. The molecule has 1 aliphatic rings. The number of likely N-dealkylation sites (N-methyl/N-ethyl adjacent to an activating group) is 1. The van der Waals surface area contributed by atoms with Crippen LogP contribution in [-0.4, -0.2) is 17.6 Å². The number of hydrogen-bond donors (Lipinski definition) is 2. The van der Waals surface area contributed by atoms with Gasteiger partial charge in [-0.2, -0.15) is 0 Å². The molecule has 0 saturated carbocycles. The lowest BCUT2D eigenvalue weighted by atomic mass is 10.0. The second kappa shape index (κ2) is 3.04. The molecule has 1 aliphatic carbocycles. The van der Waals surface area contributed by atoms with Crippen LogP contribution >= 0.6 is 0 Å². The van der Waals surface area contributed by atoms with Crippen LogP contribution in [0.5, 0.6) is 0 Å². The van der Waals surface area contributed by atoms with E-state index in [-0.39, 0.29) is 5.70 Å². The molecule has 0 bridgehead atoms. The molecule has 5 heteroatoms. The molecule has 0 aromatic rings. The van der Waals surface area contributed by atoms with Gasteiger partial charge in [0.15, 0.2) is 0 Å². The minimum absolute atomic E-state index is 0.103. The van der Waals surface area contributed by atoms with Gasteiger partial charge in [-0.1, -0.05) is 0 Å². The van der Waals surface area contributed by atoms with Gasteiger partial charge in [-0.25, -0.2) is 0 Å². The number of rotatable bonds is 2. The van der Waals surface area contributed by atoms with Crippen LogP contribution in [0, 0.1) is 10.1 Å². The van der Waals surface area contributed by atoms with Crippen LogP contribution in [0.4, 0.5) is 0 Å². The van der Waals surface area contributed by atoms with Crippen molar-refractivity contribution in [1.29, 1.82) is 0 Å². The number of nitrogens with one attached hydrogen (secondary N) is 1. The highest BCUT2D eigenvalue weighted by atomic mass is 16.6. The van der Waals surface area contributed by atoms with E-state index < -0.39 is 10.6 Å². The number of allylic oxidation sites excluding steroid dienone is 1. The Labute approximate surface area is 70.1 Å². The molecular weight excluding hydrogens is 158 g/mol. The second-order valence-electron chi connectivity index (χ2n) is 2.71. The number of nitrogens with zero attached hydrogens (tertiary/aromatic N) is 1. The van der Waals surface area contributed by atoms with Crippen molar-refractivity contribution in [2.75, 3.05) is 7.05 Å². The van der Waals surface area contributed by atoms with Crippen LogP contribution in [0.3, 0.4) is 0 Å². The summed E-state index contributed by atoms with van der Waals surface area (Å²) in [5, 5.41) is 13.1. The fourth-order valence-electron chi connectivity index (χ4n) is 0.964. The lowest BCUT2D eigenvalue weighted by molar-refractivity contribution is -0.419. The summed E-state index contributed by atoms with van der Waals surface area (Å²) in [6.45, 7) is 0. The van der Waals surface area contributed by atoms with Crippen LogP contribution in [0.2, 0.25) is 0 Å². The molecule has 0 unspecified atom stereocenters. The average Bonchev–Trinajstić information content (AvgIpc) is 2.05. The maximum absolute atomic E-state index is 10.3. The Morgan fingerprint density at radius 3 is 2.83 bits per heavy atom. The first kappa shape index (κ1) is 8.89. The highest BCUT2D eigenvalue weighted by Gasteiger charge is 2.23. The maximum Gasteiger partial charge on any atom is 0.265 e. The Hall–Kier alpha value is -1.20. The normalized spacial score (nSPS) is 28.3. The summed E-state index contributed by atoms with van der Waals surface area (Å²) in [4.78, 5) is 9.85. The van der Waals surface area contributed by atoms with E-state index in [4.69, 9.17) is 5.73 Å². The van der Waals surface area contributed by atoms with E-state index in [0.717, 1.165) is 0 Å². The van der Waals surface area contributed by atoms with E-state index in [1.807, 2.05) is 0 Å². The van der Waals surface area contributed by atoms with Crippen molar-refractivity contribution in [2.45, 2.75) is 12.1 Å². The molecule has 0 aliphatic heterocycles. The van der Waals surface area contributed by atoms with Crippen molar-refractivity contribution in [3.8, 4) is 0 Å². The van der Waals surface area contributed by atoms with Gasteiger partial charge in [0.2, 0.25) is 0 Å². The van der Waals surface area contributed by atoms with E-state index >= 15 is 0 Å². The zero-order chi connectivity index (χ0) is 9.19. The molecular formula is C7H11N3O2. The second-order valence-corrected chi connectivity index (χ2v) is 2.71. The summed E-state index contributed by atoms with van der Waals surface area (Å²) in [6, 6.07) is 0. The highest BCUT2D eigenvalue weighted by Crippen LogP contribution is 2.15. The van der Waals surface area contributed by atoms with E-state index in [0.29, 0.717) is 6.42 Å². The first-order chi connectivity index (χ1) is 5.57. The van der Waals surface area contributed by atoms with Crippen LogP contribution in [0.25, 0.3) is 0 Å². The van der Waals surface area contributed by atoms with Gasteiger partial charge >= 0.3 is 0 Å². The summed E-state index contributed by atoms with van der Waals surface area (Å²) in [5.74, 6) is 0. The van der Waals surface area contributed by atoms with Crippen molar-refractivity contribution in [2.24, 2.45) is 5.73 Å². The van der Waals surface area contributed by atoms with Crippen LogP contribution in [-0.2, 0) is 0 Å². The van der Waals surface area contributed by atoms with E-state index in [1.54, 1.807) is 13.1 Å². The molecule has 1 atom stereocenters. The fourth-order valence-corrected chi connectivity index (χ4v) is 0.964. The minimum atomic E-state index is -0.625. The van der Waals surface area contributed by atoms with Gasteiger partial charge in [0.1, 0.15) is 0 Å². The van der Waals surface area contributed by atoms with Gasteiger partial charge < -0.3 is 5.73 Å². The van der Waals surface area contributed by atoms with Crippen molar-refractivity contribution in [3.63, 3.8) is 0 Å². The molecule has 3 N–H and O–H groups in total. The summed E-state index contributed by atoms with van der Waals surface area (Å²) >= 11 is 0. The monoisotopic (exact) mass is 169 g/mol. The van der Waals surface area contributed by atoms with Crippen molar-refractivity contribution < 1.29 is 4.92 Å². The molecule has 5 nitrogen and oxygen atoms in total. The van der Waals surface area contributed by atoms with E-state index in [9.17, 15) is 10.1 Å². The highest BCUT2D eigenvalue weighted by molar-refractivity contribution is 5.23. The topological polar surface area (TPSA) is 81.2 Å². The van der Waals surface area contributed by atoms with Gasteiger partial charge in [0, 0.05) is 12.5 Å². The zero-order valence-electron chi connectivity index (χ0n) is 6.78. The molecule has 1 rings (SSSR count). The number of nitrogens with two attached hydrogens (primary N) is 1. The van der Waals surface area contributed by atoms with Crippen LogP contribution in [0.1, 0.15) is 6.42 Å². The Balaban J connectivity index is 2.74. The molecule has 0 spiro atoms. The van der Waals surface area contributed by atoms with E-state index in [2.05, 4.69) is 5.32 Å². The van der Waals surface area contributed by atoms with Crippen molar-refractivity contribution >= 4 is 0 Å². The van der Waals surface area contributed by atoms with Gasteiger partial charge in [-0.05, 0) is 19.2 Å². The third-order valence-electron chi connectivity index (χ3n) is 1.88. The lowest BCUT2D eigenvalue weighted by Gasteiger charge is -2.25. The molecule has 0 radical (unpaired) electrons. The molecule has 0 amide bonds. The lowest BCUT2D eigenvalue weighted by Crippen LogP contribution is -2.50. The molecule has 66 valence electrons. The molecule has 0 aromatic carbocycles. The third-order valence-corrected chi connectivity index (χ3v) is 1.88. The zero-order valence-corrected chi connectivity index (χ0v) is 6.78. The first-order valence-corrected chi connectivity index (χ1v) is 3.59. The SMILES string of the molecule is CN[C@@]1(N)C=CC([N+](=O)[O-])=CC1. The minimum Gasteiger partial charge on any atom is -0.310 e. The Morgan fingerprint density at radius 1 is 1.83 bits per heavy atom. The molecule has 0 saturated heterocycles. The standard InChI is InChI=1S/C7H11N3O2/c1-9-7(8)4-2-6(3-5-7)10(11)12/h2-4,9H,5,8H2,1H3/t7-/m0/s1. The van der Waals surface area contributed by atoms with Crippen molar-refractivity contribution in [3.05, 3.63) is 34.0 Å². The molecule has 0 heterocycles. The smallest absolute Gasteiger partial charge is 0.265 e. The van der Waals surface area contributed by atoms with Crippen LogP contribution in [0.15, 0.2) is 23.9 Å². The fraction of sp³-hybridized carbons (Fsp3) is 0.429. The first-order valence-electron chi connectivity index (χ1n) is 3.59. The number of hydrogen-bond acceptors (Lipinski definition) is 4. The third kappa shape index (κ3) is 1.69. The summed E-state index contributed by atoms with van der Waals surface area (Å²) in [6.07, 6.45) is 4.97.